The molecule has 164 valence electrons. The Morgan fingerprint density at radius 3 is 2.48 bits per heavy atom. The van der Waals surface area contributed by atoms with Gasteiger partial charge in [0.2, 0.25) is 5.91 Å². The van der Waals surface area contributed by atoms with E-state index in [4.69, 9.17) is 16.3 Å². The standard InChI is InChI=1S/C20H18ClFN2O6S/c1-23(14-6-4-13(22)5-7-14)31(28,29)15-8-9-17(21)16(11-15)20(27)30-12-19(26)24-10-2-3-18(24)25/h4-9,11H,2-3,10,12H2,1H3. The molecule has 0 bridgehead atoms. The number of sulfonamides is 1. The van der Waals surface area contributed by atoms with E-state index in [2.05, 4.69) is 0 Å². The lowest BCUT2D eigenvalue weighted by Gasteiger charge is -2.20. The number of benzene rings is 2. The molecule has 0 radical (unpaired) electrons. The van der Waals surface area contributed by atoms with E-state index in [-0.39, 0.29) is 40.0 Å². The van der Waals surface area contributed by atoms with Gasteiger partial charge >= 0.3 is 5.97 Å². The topological polar surface area (TPSA) is 101 Å². The molecule has 1 heterocycles. The van der Waals surface area contributed by atoms with Gasteiger partial charge in [0.1, 0.15) is 5.82 Å². The van der Waals surface area contributed by atoms with Gasteiger partial charge in [-0.05, 0) is 48.9 Å². The third-order valence-corrected chi connectivity index (χ3v) is 6.82. The number of anilines is 1. The Bertz CT molecular complexity index is 1140. The van der Waals surface area contributed by atoms with Crippen molar-refractivity contribution < 1.29 is 31.9 Å². The third-order valence-electron chi connectivity index (χ3n) is 4.71. The average Bonchev–Trinajstić information content (AvgIpc) is 3.18. The first-order chi connectivity index (χ1) is 14.6. The van der Waals surface area contributed by atoms with E-state index in [1.165, 1.54) is 31.3 Å². The summed E-state index contributed by atoms with van der Waals surface area (Å²) in [5.74, 6) is -2.52. The minimum atomic E-state index is -4.10. The van der Waals surface area contributed by atoms with Crippen LogP contribution < -0.4 is 4.31 Å². The maximum absolute atomic E-state index is 13.1. The molecule has 0 aliphatic carbocycles. The van der Waals surface area contributed by atoms with Crippen molar-refractivity contribution in [1.82, 2.24) is 4.90 Å². The fourth-order valence-electron chi connectivity index (χ4n) is 2.96. The van der Waals surface area contributed by atoms with E-state index in [0.29, 0.717) is 6.42 Å². The summed E-state index contributed by atoms with van der Waals surface area (Å²) in [6.07, 6.45) is 0.804. The summed E-state index contributed by atoms with van der Waals surface area (Å²) in [6.45, 7) is -0.410. The summed E-state index contributed by atoms with van der Waals surface area (Å²) >= 11 is 6.02. The van der Waals surface area contributed by atoms with Gasteiger partial charge in [0.05, 0.1) is 21.2 Å². The number of esters is 1. The van der Waals surface area contributed by atoms with Gasteiger partial charge in [-0.1, -0.05) is 11.6 Å². The van der Waals surface area contributed by atoms with Crippen molar-refractivity contribution in [3.8, 4) is 0 Å². The van der Waals surface area contributed by atoms with Crippen LogP contribution in [0.1, 0.15) is 23.2 Å². The molecule has 0 aromatic heterocycles. The zero-order valence-corrected chi connectivity index (χ0v) is 18.0. The molecule has 2 amide bonds. The number of ether oxygens (including phenoxy) is 1. The molecular formula is C20H18ClFN2O6S. The van der Waals surface area contributed by atoms with Crippen LogP contribution in [0.4, 0.5) is 10.1 Å². The third kappa shape index (κ3) is 4.86. The molecule has 8 nitrogen and oxygen atoms in total. The Kier molecular flexibility index (Phi) is 6.61. The smallest absolute Gasteiger partial charge is 0.340 e. The molecule has 2 aromatic carbocycles. The molecule has 0 spiro atoms. The van der Waals surface area contributed by atoms with Crippen molar-refractivity contribution in [2.75, 3.05) is 24.5 Å². The minimum absolute atomic E-state index is 0.0712. The van der Waals surface area contributed by atoms with Gasteiger partial charge in [0.15, 0.2) is 6.61 Å². The zero-order chi connectivity index (χ0) is 22.8. The second-order valence-electron chi connectivity index (χ2n) is 6.71. The van der Waals surface area contributed by atoms with E-state index < -0.39 is 34.3 Å². The molecule has 3 rings (SSSR count). The number of rotatable bonds is 6. The van der Waals surface area contributed by atoms with Gasteiger partial charge in [-0.3, -0.25) is 18.8 Å². The van der Waals surface area contributed by atoms with E-state index in [1.54, 1.807) is 0 Å². The van der Waals surface area contributed by atoms with Crippen LogP contribution in [0.25, 0.3) is 0 Å². The number of amides is 2. The molecular weight excluding hydrogens is 451 g/mol. The number of imide groups is 1. The Balaban J connectivity index is 1.78. The first kappa shape index (κ1) is 22.7. The first-order valence-corrected chi connectivity index (χ1v) is 11.0. The van der Waals surface area contributed by atoms with Crippen molar-refractivity contribution >= 4 is 45.1 Å². The lowest BCUT2D eigenvalue weighted by Crippen LogP contribution is -2.35. The summed E-state index contributed by atoms with van der Waals surface area (Å²) in [5, 5.41) is -0.0712. The number of halogens is 2. The predicted octanol–water partition coefficient (Wildman–Crippen LogP) is 2.61. The van der Waals surface area contributed by atoms with Crippen molar-refractivity contribution in [2.24, 2.45) is 0 Å². The van der Waals surface area contributed by atoms with Crippen LogP contribution in [0.2, 0.25) is 5.02 Å². The Morgan fingerprint density at radius 1 is 1.19 bits per heavy atom. The molecule has 0 N–H and O–H groups in total. The van der Waals surface area contributed by atoms with Crippen LogP contribution in [0.3, 0.4) is 0 Å². The van der Waals surface area contributed by atoms with Crippen LogP contribution in [-0.4, -0.2) is 51.3 Å². The first-order valence-electron chi connectivity index (χ1n) is 9.15. The quantitative estimate of drug-likeness (QED) is 0.604. The van der Waals surface area contributed by atoms with Gasteiger partial charge in [0.25, 0.3) is 15.9 Å². The summed E-state index contributed by atoms with van der Waals surface area (Å²) in [4.78, 5) is 36.8. The molecule has 31 heavy (non-hydrogen) atoms. The summed E-state index contributed by atoms with van der Waals surface area (Å²) in [7, 11) is -2.83. The van der Waals surface area contributed by atoms with Gasteiger partial charge in [-0.15, -0.1) is 0 Å². The number of carbonyl (C=O) groups is 3. The van der Waals surface area contributed by atoms with Crippen LogP contribution in [0.5, 0.6) is 0 Å². The van der Waals surface area contributed by atoms with Gasteiger partial charge in [-0.25, -0.2) is 17.6 Å². The second-order valence-corrected chi connectivity index (χ2v) is 9.09. The van der Waals surface area contributed by atoms with Crippen LogP contribution in [-0.2, 0) is 24.3 Å². The van der Waals surface area contributed by atoms with Crippen molar-refractivity contribution in [3.63, 3.8) is 0 Å². The van der Waals surface area contributed by atoms with Gasteiger partial charge < -0.3 is 4.74 Å². The molecule has 0 saturated carbocycles. The Morgan fingerprint density at radius 2 is 1.87 bits per heavy atom. The van der Waals surface area contributed by atoms with Gasteiger partial charge in [-0.2, -0.15) is 0 Å². The molecule has 1 aliphatic rings. The van der Waals surface area contributed by atoms with E-state index in [0.717, 1.165) is 27.4 Å². The summed E-state index contributed by atoms with van der Waals surface area (Å²) in [6, 6.07) is 8.29. The highest BCUT2D eigenvalue weighted by Gasteiger charge is 2.28. The molecule has 1 aliphatic heterocycles. The number of hydrogen-bond donors (Lipinski definition) is 0. The van der Waals surface area contributed by atoms with Crippen molar-refractivity contribution in [1.29, 1.82) is 0 Å². The van der Waals surface area contributed by atoms with Gasteiger partial charge in [0, 0.05) is 20.0 Å². The highest BCUT2D eigenvalue weighted by atomic mass is 35.5. The number of carbonyl (C=O) groups excluding carboxylic acids is 3. The molecule has 1 fully saturated rings. The van der Waals surface area contributed by atoms with Crippen LogP contribution in [0, 0.1) is 5.82 Å². The SMILES string of the molecule is CN(c1ccc(F)cc1)S(=O)(=O)c1ccc(Cl)c(C(=O)OCC(=O)N2CCCC2=O)c1. The highest BCUT2D eigenvalue weighted by Crippen LogP contribution is 2.26. The Hall–Kier alpha value is -2.98. The monoisotopic (exact) mass is 468 g/mol. The molecule has 11 heteroatoms. The molecule has 2 aromatic rings. The van der Waals surface area contributed by atoms with E-state index in [9.17, 15) is 27.2 Å². The van der Waals surface area contributed by atoms with E-state index in [1.807, 2.05) is 0 Å². The predicted molar refractivity (Wildman–Crippen MR) is 110 cm³/mol. The number of hydrogen-bond acceptors (Lipinski definition) is 6. The maximum atomic E-state index is 13.1. The van der Waals surface area contributed by atoms with E-state index >= 15 is 0 Å². The molecule has 1 saturated heterocycles. The largest absolute Gasteiger partial charge is 0.452 e. The average molecular weight is 469 g/mol. The summed E-state index contributed by atoms with van der Waals surface area (Å²) in [5.41, 5.74) is -0.0443. The minimum Gasteiger partial charge on any atom is -0.452 e. The van der Waals surface area contributed by atoms with Crippen molar-refractivity contribution in [3.05, 3.63) is 58.9 Å². The fraction of sp³-hybridized carbons (Fsp3) is 0.250. The Labute approximate surface area is 183 Å². The van der Waals surface area contributed by atoms with Crippen LogP contribution in [0.15, 0.2) is 47.4 Å². The molecule has 0 unspecified atom stereocenters. The lowest BCUT2D eigenvalue weighted by molar-refractivity contribution is -0.143. The van der Waals surface area contributed by atoms with Crippen molar-refractivity contribution in [2.45, 2.75) is 17.7 Å². The highest BCUT2D eigenvalue weighted by molar-refractivity contribution is 7.92. The fourth-order valence-corrected chi connectivity index (χ4v) is 4.38. The van der Waals surface area contributed by atoms with Crippen LogP contribution >= 0.6 is 11.6 Å². The number of nitrogens with zero attached hydrogens (tertiary/aromatic N) is 2. The number of likely N-dealkylation sites (tertiary alicyclic amines) is 1. The zero-order valence-electron chi connectivity index (χ0n) is 16.4. The summed E-state index contributed by atoms with van der Waals surface area (Å²) < 4.78 is 44.8. The second kappa shape index (κ2) is 9.03. The maximum Gasteiger partial charge on any atom is 0.340 e. The lowest BCUT2D eigenvalue weighted by atomic mass is 10.2. The normalized spacial score (nSPS) is 13.9. The molecule has 0 atom stereocenters.